The number of esters is 1. The lowest BCUT2D eigenvalue weighted by molar-refractivity contribution is 0.0682. The first kappa shape index (κ1) is 15.4. The van der Waals surface area contributed by atoms with Crippen LogP contribution in [0.5, 0.6) is 17.2 Å². The molecule has 0 aromatic heterocycles. The Morgan fingerprint density at radius 3 is 2.38 bits per heavy atom. The number of hydrogen-bond donors (Lipinski definition) is 3. The van der Waals surface area contributed by atoms with Gasteiger partial charge in [-0.15, -0.1) is 0 Å². The van der Waals surface area contributed by atoms with Crippen molar-refractivity contribution in [2.24, 2.45) is 0 Å². The average molecular weight is 324 g/mol. The number of phenolic OH excluding ortho intramolecular Hbond substituents is 2. The SMILES string of the molecule is O=C(Oc1c(C(=O)O)ccc2ccccc12)c1cc(O)ccc1O. The Balaban J connectivity index is 2.12. The Morgan fingerprint density at radius 2 is 1.62 bits per heavy atom. The van der Waals surface area contributed by atoms with Gasteiger partial charge >= 0.3 is 11.9 Å². The second-order valence-electron chi connectivity index (χ2n) is 5.06. The molecule has 0 spiro atoms. The number of carboxylic acids is 1. The standard InChI is InChI=1S/C18H12O6/c19-11-6-8-15(20)14(9-11)18(23)24-16-12-4-2-1-3-10(12)5-7-13(16)17(21)22/h1-9,19-20H,(H,21,22). The van der Waals surface area contributed by atoms with Crippen molar-refractivity contribution in [2.45, 2.75) is 0 Å². The van der Waals surface area contributed by atoms with Gasteiger partial charge in [-0.05, 0) is 29.7 Å². The summed E-state index contributed by atoms with van der Waals surface area (Å²) in [6.45, 7) is 0. The summed E-state index contributed by atoms with van der Waals surface area (Å²) in [5.74, 6) is -2.94. The molecule has 3 rings (SSSR count). The second-order valence-corrected chi connectivity index (χ2v) is 5.06. The summed E-state index contributed by atoms with van der Waals surface area (Å²) < 4.78 is 5.25. The van der Waals surface area contributed by atoms with E-state index in [-0.39, 0.29) is 28.4 Å². The third-order valence-electron chi connectivity index (χ3n) is 3.50. The third kappa shape index (κ3) is 2.72. The number of benzene rings is 3. The first-order chi connectivity index (χ1) is 11.5. The molecule has 0 saturated carbocycles. The Kier molecular flexibility index (Phi) is 3.79. The van der Waals surface area contributed by atoms with Gasteiger partial charge in [-0.2, -0.15) is 0 Å². The van der Waals surface area contributed by atoms with Gasteiger partial charge < -0.3 is 20.1 Å². The van der Waals surface area contributed by atoms with E-state index in [1.54, 1.807) is 30.3 Å². The van der Waals surface area contributed by atoms with Crippen molar-refractivity contribution in [1.82, 2.24) is 0 Å². The van der Waals surface area contributed by atoms with Gasteiger partial charge in [0.25, 0.3) is 0 Å². The average Bonchev–Trinajstić information content (AvgIpc) is 2.57. The molecule has 120 valence electrons. The van der Waals surface area contributed by atoms with Crippen LogP contribution >= 0.6 is 0 Å². The molecular weight excluding hydrogens is 312 g/mol. The number of phenols is 2. The van der Waals surface area contributed by atoms with Gasteiger partial charge in [0, 0.05) is 5.39 Å². The minimum Gasteiger partial charge on any atom is -0.508 e. The molecule has 0 aliphatic heterocycles. The second kappa shape index (κ2) is 5.92. The maximum atomic E-state index is 12.3. The maximum Gasteiger partial charge on any atom is 0.347 e. The molecule has 3 N–H and O–H groups in total. The predicted molar refractivity (Wildman–Crippen MR) is 85.6 cm³/mol. The molecule has 0 unspecified atom stereocenters. The molecule has 0 aliphatic carbocycles. The summed E-state index contributed by atoms with van der Waals surface area (Å²) in [5.41, 5.74) is -0.444. The van der Waals surface area contributed by atoms with E-state index < -0.39 is 11.9 Å². The van der Waals surface area contributed by atoms with Crippen molar-refractivity contribution in [2.75, 3.05) is 0 Å². The molecule has 0 heterocycles. The quantitative estimate of drug-likeness (QED) is 0.388. The van der Waals surface area contributed by atoms with Crippen LogP contribution in [0.3, 0.4) is 0 Å². The fourth-order valence-corrected chi connectivity index (χ4v) is 2.36. The minimum absolute atomic E-state index is 0.117. The molecule has 3 aromatic carbocycles. The molecule has 0 atom stereocenters. The van der Waals surface area contributed by atoms with Crippen LogP contribution < -0.4 is 4.74 Å². The highest BCUT2D eigenvalue weighted by molar-refractivity contribution is 6.04. The van der Waals surface area contributed by atoms with Crippen LogP contribution in [0.15, 0.2) is 54.6 Å². The van der Waals surface area contributed by atoms with E-state index in [2.05, 4.69) is 0 Å². The first-order valence-electron chi connectivity index (χ1n) is 6.96. The topological polar surface area (TPSA) is 104 Å². The highest BCUT2D eigenvalue weighted by Gasteiger charge is 2.21. The number of carbonyl (C=O) groups is 2. The summed E-state index contributed by atoms with van der Waals surface area (Å²) in [6.07, 6.45) is 0. The normalized spacial score (nSPS) is 10.5. The van der Waals surface area contributed by atoms with E-state index in [4.69, 9.17) is 4.74 Å². The van der Waals surface area contributed by atoms with Gasteiger partial charge in [-0.1, -0.05) is 30.3 Å². The van der Waals surface area contributed by atoms with E-state index in [0.717, 1.165) is 12.1 Å². The number of carbonyl (C=O) groups excluding carboxylic acids is 1. The largest absolute Gasteiger partial charge is 0.508 e. The van der Waals surface area contributed by atoms with Crippen LogP contribution in [-0.4, -0.2) is 27.3 Å². The van der Waals surface area contributed by atoms with Crippen molar-refractivity contribution < 1.29 is 29.6 Å². The Morgan fingerprint density at radius 1 is 0.875 bits per heavy atom. The fraction of sp³-hybridized carbons (Fsp3) is 0. The van der Waals surface area contributed by atoms with Gasteiger partial charge in [0.05, 0.1) is 0 Å². The van der Waals surface area contributed by atoms with Gasteiger partial charge in [0.1, 0.15) is 22.6 Å². The van der Waals surface area contributed by atoms with Crippen molar-refractivity contribution in [3.05, 3.63) is 65.7 Å². The van der Waals surface area contributed by atoms with E-state index in [9.17, 15) is 24.9 Å². The predicted octanol–water partition coefficient (Wildman–Crippen LogP) is 3.17. The monoisotopic (exact) mass is 324 g/mol. The summed E-state index contributed by atoms with van der Waals surface area (Å²) >= 11 is 0. The smallest absolute Gasteiger partial charge is 0.347 e. The lowest BCUT2D eigenvalue weighted by Crippen LogP contribution is -2.12. The summed E-state index contributed by atoms with van der Waals surface area (Å²) in [5, 5.41) is 29.7. The zero-order valence-electron chi connectivity index (χ0n) is 12.3. The molecule has 0 fully saturated rings. The Labute approximate surface area is 136 Å². The van der Waals surface area contributed by atoms with Gasteiger partial charge in [0.15, 0.2) is 5.75 Å². The maximum absolute atomic E-state index is 12.3. The van der Waals surface area contributed by atoms with E-state index in [1.165, 1.54) is 12.1 Å². The van der Waals surface area contributed by atoms with Crippen LogP contribution in [0.1, 0.15) is 20.7 Å². The van der Waals surface area contributed by atoms with Crippen molar-refractivity contribution in [3.8, 4) is 17.2 Å². The van der Waals surface area contributed by atoms with Gasteiger partial charge in [0.2, 0.25) is 0 Å². The number of rotatable bonds is 3. The molecule has 24 heavy (non-hydrogen) atoms. The minimum atomic E-state index is -1.25. The summed E-state index contributed by atoms with van der Waals surface area (Å²) in [4.78, 5) is 23.7. The molecule has 0 amide bonds. The van der Waals surface area contributed by atoms with E-state index in [1.807, 2.05) is 0 Å². The number of fused-ring (bicyclic) bond motifs is 1. The molecule has 0 saturated heterocycles. The van der Waals surface area contributed by atoms with Crippen LogP contribution in [-0.2, 0) is 0 Å². The van der Waals surface area contributed by atoms with Crippen LogP contribution in [0, 0.1) is 0 Å². The number of hydrogen-bond acceptors (Lipinski definition) is 5. The number of ether oxygens (including phenoxy) is 1. The van der Waals surface area contributed by atoms with Crippen LogP contribution in [0.2, 0.25) is 0 Å². The zero-order chi connectivity index (χ0) is 17.3. The molecule has 0 bridgehead atoms. The Bertz CT molecular complexity index is 961. The van der Waals surface area contributed by atoms with E-state index >= 15 is 0 Å². The number of aromatic hydroxyl groups is 2. The van der Waals surface area contributed by atoms with Crippen molar-refractivity contribution in [1.29, 1.82) is 0 Å². The Hall–Kier alpha value is -3.54. The zero-order valence-corrected chi connectivity index (χ0v) is 12.3. The molecular formula is C18H12O6. The lowest BCUT2D eigenvalue weighted by atomic mass is 10.1. The first-order valence-corrected chi connectivity index (χ1v) is 6.96. The molecule has 0 aliphatic rings. The molecule has 0 radical (unpaired) electrons. The summed E-state index contributed by atoms with van der Waals surface area (Å²) in [7, 11) is 0. The number of carboxylic acid groups (broad SMARTS) is 1. The van der Waals surface area contributed by atoms with Gasteiger partial charge in [-0.25, -0.2) is 9.59 Å². The fourth-order valence-electron chi connectivity index (χ4n) is 2.36. The third-order valence-corrected chi connectivity index (χ3v) is 3.50. The van der Waals surface area contributed by atoms with Crippen LogP contribution in [0.4, 0.5) is 0 Å². The highest BCUT2D eigenvalue weighted by atomic mass is 16.5. The molecule has 6 heteroatoms. The lowest BCUT2D eigenvalue weighted by Gasteiger charge is -2.11. The molecule has 6 nitrogen and oxygen atoms in total. The van der Waals surface area contributed by atoms with Crippen LogP contribution in [0.25, 0.3) is 10.8 Å². The molecule has 3 aromatic rings. The van der Waals surface area contributed by atoms with Gasteiger partial charge in [-0.3, -0.25) is 0 Å². The number of aromatic carboxylic acids is 1. The van der Waals surface area contributed by atoms with Crippen molar-refractivity contribution >= 4 is 22.7 Å². The summed E-state index contributed by atoms with van der Waals surface area (Å²) in [6, 6.07) is 13.2. The van der Waals surface area contributed by atoms with E-state index in [0.29, 0.717) is 10.8 Å². The van der Waals surface area contributed by atoms with Crippen molar-refractivity contribution in [3.63, 3.8) is 0 Å². The highest BCUT2D eigenvalue weighted by Crippen LogP contribution is 2.32.